The molecule has 27 heavy (non-hydrogen) atoms. The van der Waals surface area contributed by atoms with Crippen LogP contribution in [0.25, 0.3) is 0 Å². The minimum atomic E-state index is -0.965. The Morgan fingerprint density at radius 2 is 1.74 bits per heavy atom. The fourth-order valence-electron chi connectivity index (χ4n) is 2.51. The van der Waals surface area contributed by atoms with Crippen molar-refractivity contribution in [1.29, 1.82) is 0 Å². The van der Waals surface area contributed by atoms with Gasteiger partial charge in [-0.3, -0.25) is 4.79 Å². The molecule has 0 saturated heterocycles. The number of nitrogens with zero attached hydrogens (tertiary/aromatic N) is 4. The topological polar surface area (TPSA) is 99.0 Å². The van der Waals surface area contributed by atoms with Gasteiger partial charge in [0.1, 0.15) is 6.33 Å². The van der Waals surface area contributed by atoms with Crippen molar-refractivity contribution >= 4 is 17.6 Å². The van der Waals surface area contributed by atoms with Crippen LogP contribution in [0.15, 0.2) is 67.0 Å². The predicted octanol–water partition coefficient (Wildman–Crippen LogP) is 2.03. The fraction of sp³-hybridized carbons (Fsp3) is 0.211. The van der Waals surface area contributed by atoms with E-state index in [0.717, 1.165) is 5.56 Å². The van der Waals surface area contributed by atoms with Gasteiger partial charge < -0.3 is 10.1 Å². The van der Waals surface area contributed by atoms with Gasteiger partial charge in [0.15, 0.2) is 12.1 Å². The molecule has 1 aromatic heterocycles. The number of amides is 1. The van der Waals surface area contributed by atoms with E-state index in [1.165, 1.54) is 17.9 Å². The lowest BCUT2D eigenvalue weighted by molar-refractivity contribution is -0.156. The van der Waals surface area contributed by atoms with Crippen molar-refractivity contribution in [2.45, 2.75) is 25.5 Å². The standard InChI is InChI=1S/C19H19N5O3/c1-14(18(25)21-16-10-6-3-7-11-16)27-19(26)17(24-13-20-22-23-24)12-15-8-4-2-5-9-15/h2-11,13-14,17H,12H2,1H3,(H,21,25)/t14-,17+/m0/s1. The molecule has 8 heteroatoms. The van der Waals surface area contributed by atoms with E-state index >= 15 is 0 Å². The normalized spacial score (nSPS) is 12.8. The van der Waals surface area contributed by atoms with Gasteiger partial charge in [0.05, 0.1) is 0 Å². The zero-order valence-corrected chi connectivity index (χ0v) is 14.7. The number of aromatic nitrogens is 4. The number of ether oxygens (including phenoxy) is 1. The number of tetrazole rings is 1. The van der Waals surface area contributed by atoms with Crippen LogP contribution < -0.4 is 5.32 Å². The van der Waals surface area contributed by atoms with Crippen molar-refractivity contribution in [3.05, 3.63) is 72.6 Å². The van der Waals surface area contributed by atoms with Crippen LogP contribution in [0.5, 0.6) is 0 Å². The molecular formula is C19H19N5O3. The van der Waals surface area contributed by atoms with Gasteiger partial charge in [-0.15, -0.1) is 5.10 Å². The maximum atomic E-state index is 12.7. The number of para-hydroxylation sites is 1. The van der Waals surface area contributed by atoms with Gasteiger partial charge in [0, 0.05) is 12.1 Å². The Morgan fingerprint density at radius 3 is 2.37 bits per heavy atom. The SMILES string of the molecule is C[C@H](OC(=O)[C@@H](Cc1ccccc1)n1cnnn1)C(=O)Nc1ccccc1. The molecular weight excluding hydrogens is 346 g/mol. The average molecular weight is 365 g/mol. The van der Waals surface area contributed by atoms with Crippen molar-refractivity contribution in [2.24, 2.45) is 0 Å². The van der Waals surface area contributed by atoms with Gasteiger partial charge in [0.2, 0.25) is 0 Å². The summed E-state index contributed by atoms with van der Waals surface area (Å²) < 4.78 is 6.71. The first-order chi connectivity index (χ1) is 13.1. The minimum absolute atomic E-state index is 0.345. The molecule has 2 aromatic carbocycles. The number of benzene rings is 2. The van der Waals surface area contributed by atoms with Crippen LogP contribution in [-0.4, -0.2) is 38.2 Å². The van der Waals surface area contributed by atoms with E-state index in [0.29, 0.717) is 12.1 Å². The summed E-state index contributed by atoms with van der Waals surface area (Å²) in [6, 6.07) is 17.7. The van der Waals surface area contributed by atoms with E-state index in [9.17, 15) is 9.59 Å². The van der Waals surface area contributed by atoms with Gasteiger partial charge in [-0.1, -0.05) is 48.5 Å². The Bertz CT molecular complexity index is 869. The van der Waals surface area contributed by atoms with Crippen LogP contribution in [0.1, 0.15) is 18.5 Å². The molecule has 0 unspecified atom stereocenters. The Kier molecular flexibility index (Phi) is 5.88. The van der Waals surface area contributed by atoms with E-state index in [1.807, 2.05) is 36.4 Å². The molecule has 0 aliphatic heterocycles. The van der Waals surface area contributed by atoms with Gasteiger partial charge in [0.25, 0.3) is 5.91 Å². The van der Waals surface area contributed by atoms with Crippen molar-refractivity contribution in [2.75, 3.05) is 5.32 Å². The van der Waals surface area contributed by atoms with Crippen molar-refractivity contribution in [3.63, 3.8) is 0 Å². The van der Waals surface area contributed by atoms with Gasteiger partial charge in [-0.2, -0.15) is 0 Å². The second-order valence-electron chi connectivity index (χ2n) is 5.93. The summed E-state index contributed by atoms with van der Waals surface area (Å²) in [5, 5.41) is 13.7. The fourth-order valence-corrected chi connectivity index (χ4v) is 2.51. The lowest BCUT2D eigenvalue weighted by Crippen LogP contribution is -2.34. The van der Waals surface area contributed by atoms with E-state index in [1.54, 1.807) is 24.3 Å². The molecule has 0 radical (unpaired) electrons. The summed E-state index contributed by atoms with van der Waals surface area (Å²) in [6.45, 7) is 1.52. The largest absolute Gasteiger partial charge is 0.451 e. The molecule has 8 nitrogen and oxygen atoms in total. The highest BCUT2D eigenvalue weighted by molar-refractivity contribution is 5.95. The van der Waals surface area contributed by atoms with Crippen LogP contribution in [-0.2, 0) is 20.7 Å². The van der Waals surface area contributed by atoms with E-state index < -0.39 is 24.0 Å². The minimum Gasteiger partial charge on any atom is -0.451 e. The molecule has 0 saturated carbocycles. The maximum Gasteiger partial charge on any atom is 0.332 e. The smallest absolute Gasteiger partial charge is 0.332 e. The molecule has 0 bridgehead atoms. The quantitative estimate of drug-likeness (QED) is 0.643. The maximum absolute atomic E-state index is 12.7. The van der Waals surface area contributed by atoms with Crippen LogP contribution >= 0.6 is 0 Å². The summed E-state index contributed by atoms with van der Waals surface area (Å²) >= 11 is 0. The summed E-state index contributed by atoms with van der Waals surface area (Å²) in [6.07, 6.45) is 0.730. The zero-order chi connectivity index (χ0) is 19.1. The second kappa shape index (κ2) is 8.70. The molecule has 1 heterocycles. The third-order valence-corrected chi connectivity index (χ3v) is 3.93. The van der Waals surface area contributed by atoms with Crippen molar-refractivity contribution in [3.8, 4) is 0 Å². The highest BCUT2D eigenvalue weighted by Gasteiger charge is 2.27. The highest BCUT2D eigenvalue weighted by Crippen LogP contribution is 2.16. The number of nitrogens with one attached hydrogen (secondary N) is 1. The number of hydrogen-bond donors (Lipinski definition) is 1. The van der Waals surface area contributed by atoms with Gasteiger partial charge in [-0.25, -0.2) is 9.48 Å². The Morgan fingerprint density at radius 1 is 1.07 bits per heavy atom. The first kappa shape index (κ1) is 18.2. The zero-order valence-electron chi connectivity index (χ0n) is 14.7. The monoisotopic (exact) mass is 365 g/mol. The molecule has 138 valence electrons. The average Bonchev–Trinajstić information content (AvgIpc) is 3.22. The molecule has 2 atom stereocenters. The molecule has 1 amide bonds. The predicted molar refractivity (Wildman–Crippen MR) is 97.6 cm³/mol. The molecule has 3 aromatic rings. The number of anilines is 1. The molecule has 0 aliphatic rings. The Hall–Kier alpha value is -3.55. The van der Waals surface area contributed by atoms with E-state index in [2.05, 4.69) is 20.8 Å². The number of carbonyl (C=O) groups excluding carboxylic acids is 2. The summed E-state index contributed by atoms with van der Waals surface area (Å²) in [5.74, 6) is -0.994. The van der Waals surface area contributed by atoms with Crippen LogP contribution in [0.2, 0.25) is 0 Å². The number of carbonyl (C=O) groups is 2. The summed E-state index contributed by atoms with van der Waals surface area (Å²) in [4.78, 5) is 25.0. The Balaban J connectivity index is 1.67. The number of rotatable bonds is 7. The first-order valence-electron chi connectivity index (χ1n) is 8.46. The molecule has 3 rings (SSSR count). The second-order valence-corrected chi connectivity index (χ2v) is 5.93. The summed E-state index contributed by atoms with van der Waals surface area (Å²) in [5.41, 5.74) is 1.56. The lowest BCUT2D eigenvalue weighted by atomic mass is 10.1. The van der Waals surface area contributed by atoms with Crippen LogP contribution in [0.4, 0.5) is 5.69 Å². The van der Waals surface area contributed by atoms with E-state index in [4.69, 9.17) is 4.74 Å². The first-order valence-corrected chi connectivity index (χ1v) is 8.46. The number of hydrogen-bond acceptors (Lipinski definition) is 6. The third kappa shape index (κ3) is 4.97. The van der Waals surface area contributed by atoms with Crippen molar-refractivity contribution in [1.82, 2.24) is 20.2 Å². The van der Waals surface area contributed by atoms with Crippen LogP contribution in [0, 0.1) is 0 Å². The molecule has 1 N–H and O–H groups in total. The number of esters is 1. The molecule has 0 fully saturated rings. The van der Waals surface area contributed by atoms with E-state index in [-0.39, 0.29) is 0 Å². The van der Waals surface area contributed by atoms with Crippen LogP contribution in [0.3, 0.4) is 0 Å². The highest BCUT2D eigenvalue weighted by atomic mass is 16.5. The van der Waals surface area contributed by atoms with Gasteiger partial charge in [-0.05, 0) is 35.0 Å². The lowest BCUT2D eigenvalue weighted by Gasteiger charge is -2.19. The Labute approximate surface area is 156 Å². The third-order valence-electron chi connectivity index (χ3n) is 3.93. The summed E-state index contributed by atoms with van der Waals surface area (Å²) in [7, 11) is 0. The molecule has 0 aliphatic carbocycles. The van der Waals surface area contributed by atoms with Gasteiger partial charge >= 0.3 is 5.97 Å². The van der Waals surface area contributed by atoms with Crippen molar-refractivity contribution < 1.29 is 14.3 Å². The molecule has 0 spiro atoms.